The molecule has 1 aliphatic rings. The monoisotopic (exact) mass is 399 g/mol. The summed E-state index contributed by atoms with van der Waals surface area (Å²) in [5, 5.41) is 1.12. The number of hydrogen-bond acceptors (Lipinski definition) is 4. The zero-order chi connectivity index (χ0) is 19.7. The predicted octanol–water partition coefficient (Wildman–Crippen LogP) is 3.24. The maximum Gasteiger partial charge on any atom is 0.241 e. The van der Waals surface area contributed by atoms with Crippen LogP contribution in [0.1, 0.15) is 17.5 Å². The molecule has 0 bridgehead atoms. The number of fused-ring (bicyclic) bond motifs is 1. The third kappa shape index (κ3) is 3.92. The summed E-state index contributed by atoms with van der Waals surface area (Å²) >= 11 is 0. The molecule has 3 aromatic rings. The zero-order valence-electron chi connectivity index (χ0n) is 15.6. The van der Waals surface area contributed by atoms with Crippen LogP contribution in [0.15, 0.2) is 59.6 Å². The van der Waals surface area contributed by atoms with Crippen LogP contribution < -0.4 is 4.72 Å². The van der Waals surface area contributed by atoms with Crippen molar-refractivity contribution in [2.45, 2.75) is 30.8 Å². The van der Waals surface area contributed by atoms with Crippen molar-refractivity contribution >= 4 is 20.9 Å². The van der Waals surface area contributed by atoms with Crippen LogP contribution in [0.25, 0.3) is 10.9 Å². The average Bonchev–Trinajstić information content (AvgIpc) is 3.10. The number of sulfonamides is 1. The van der Waals surface area contributed by atoms with Crippen LogP contribution in [0, 0.1) is 12.7 Å². The van der Waals surface area contributed by atoms with E-state index < -0.39 is 15.8 Å². The molecule has 0 radical (unpaired) electrons. The molecule has 1 fully saturated rings. The number of rotatable bonds is 5. The molecule has 0 amide bonds. The Kier molecular flexibility index (Phi) is 5.14. The van der Waals surface area contributed by atoms with E-state index in [9.17, 15) is 12.8 Å². The van der Waals surface area contributed by atoms with Gasteiger partial charge >= 0.3 is 0 Å². The van der Waals surface area contributed by atoms with Crippen LogP contribution in [0.5, 0.6) is 0 Å². The summed E-state index contributed by atoms with van der Waals surface area (Å²) in [4.78, 5) is 6.62. The van der Waals surface area contributed by atoms with Gasteiger partial charge in [-0.15, -0.1) is 0 Å². The molecule has 5 nitrogen and oxygen atoms in total. The van der Waals surface area contributed by atoms with Gasteiger partial charge in [-0.1, -0.05) is 24.3 Å². The van der Waals surface area contributed by atoms with E-state index >= 15 is 0 Å². The number of halogens is 1. The molecule has 1 aliphatic heterocycles. The van der Waals surface area contributed by atoms with Gasteiger partial charge in [-0.3, -0.25) is 9.88 Å². The summed E-state index contributed by atoms with van der Waals surface area (Å²) in [5.74, 6) is -0.552. The lowest BCUT2D eigenvalue weighted by Crippen LogP contribution is -2.37. The molecule has 4 rings (SSSR count). The summed E-state index contributed by atoms with van der Waals surface area (Å²) in [6.45, 7) is 3.82. The summed E-state index contributed by atoms with van der Waals surface area (Å²) in [5.41, 5.74) is 2.67. The Morgan fingerprint density at radius 1 is 1.21 bits per heavy atom. The fourth-order valence-corrected chi connectivity index (χ4v) is 5.27. The molecule has 0 saturated carbocycles. The first-order valence-electron chi connectivity index (χ1n) is 9.26. The predicted molar refractivity (Wildman–Crippen MR) is 107 cm³/mol. The fraction of sp³-hybridized carbons (Fsp3) is 0.286. The molecule has 2 aromatic carbocycles. The smallest absolute Gasteiger partial charge is 0.241 e. The number of benzene rings is 2. The SMILES string of the molecule is Cc1ccc(F)cc1S(=O)(=O)NC1CCN(Cc2ccnc3ccccc23)C1. The Morgan fingerprint density at radius 2 is 2.04 bits per heavy atom. The second-order valence-electron chi connectivity index (χ2n) is 7.24. The van der Waals surface area contributed by atoms with Crippen LogP contribution in [-0.2, 0) is 16.6 Å². The molecule has 1 unspecified atom stereocenters. The third-order valence-corrected chi connectivity index (χ3v) is 6.83. The van der Waals surface area contributed by atoms with Gasteiger partial charge in [-0.25, -0.2) is 17.5 Å². The Labute approximate surface area is 164 Å². The Morgan fingerprint density at radius 3 is 2.89 bits per heavy atom. The number of para-hydroxylation sites is 1. The van der Waals surface area contributed by atoms with Gasteiger partial charge in [0.05, 0.1) is 10.4 Å². The molecule has 0 spiro atoms. The number of nitrogens with one attached hydrogen (secondary N) is 1. The fourth-order valence-electron chi connectivity index (χ4n) is 3.75. The molecule has 1 saturated heterocycles. The molecule has 0 aliphatic carbocycles. The summed E-state index contributed by atoms with van der Waals surface area (Å²) < 4.78 is 41.7. The zero-order valence-corrected chi connectivity index (χ0v) is 16.4. The van der Waals surface area contributed by atoms with Crippen molar-refractivity contribution in [1.29, 1.82) is 0 Å². The first-order valence-corrected chi connectivity index (χ1v) is 10.7. The highest BCUT2D eigenvalue weighted by Crippen LogP contribution is 2.22. The van der Waals surface area contributed by atoms with E-state index in [1.165, 1.54) is 17.7 Å². The molecule has 7 heteroatoms. The summed E-state index contributed by atoms with van der Waals surface area (Å²) in [7, 11) is -3.75. The lowest BCUT2D eigenvalue weighted by atomic mass is 10.1. The molecule has 146 valence electrons. The molecule has 1 aromatic heterocycles. The number of nitrogens with zero attached hydrogens (tertiary/aromatic N) is 2. The highest BCUT2D eigenvalue weighted by Gasteiger charge is 2.28. The number of pyridine rings is 1. The van der Waals surface area contributed by atoms with E-state index in [2.05, 4.69) is 20.7 Å². The first kappa shape index (κ1) is 19.0. The molecular weight excluding hydrogens is 377 g/mol. The summed E-state index contributed by atoms with van der Waals surface area (Å²) in [6, 6.07) is 13.7. The van der Waals surface area contributed by atoms with Crippen LogP contribution in [0.4, 0.5) is 4.39 Å². The second kappa shape index (κ2) is 7.58. The van der Waals surface area contributed by atoms with Gasteiger partial charge < -0.3 is 0 Å². The highest BCUT2D eigenvalue weighted by atomic mass is 32.2. The quantitative estimate of drug-likeness (QED) is 0.716. The lowest BCUT2D eigenvalue weighted by Gasteiger charge is -2.18. The number of aromatic nitrogens is 1. The van der Waals surface area contributed by atoms with Crippen LogP contribution in [0.3, 0.4) is 0 Å². The van der Waals surface area contributed by atoms with Crippen molar-refractivity contribution in [2.24, 2.45) is 0 Å². The van der Waals surface area contributed by atoms with Gasteiger partial charge in [0, 0.05) is 37.3 Å². The number of likely N-dealkylation sites (tertiary alicyclic amines) is 1. The topological polar surface area (TPSA) is 62.3 Å². The third-order valence-electron chi connectivity index (χ3n) is 5.17. The van der Waals surface area contributed by atoms with Crippen molar-refractivity contribution in [1.82, 2.24) is 14.6 Å². The molecule has 2 heterocycles. The van der Waals surface area contributed by atoms with Crippen molar-refractivity contribution in [3.8, 4) is 0 Å². The van der Waals surface area contributed by atoms with Crippen molar-refractivity contribution < 1.29 is 12.8 Å². The standard InChI is InChI=1S/C21H22FN3O2S/c1-15-6-7-17(22)12-21(15)28(26,27)24-18-9-11-25(14-18)13-16-8-10-23-20-5-3-2-4-19(16)20/h2-8,10,12,18,24H,9,11,13-14H2,1H3. The van der Waals surface area contributed by atoms with E-state index in [1.54, 1.807) is 13.1 Å². The molecular formula is C21H22FN3O2S. The second-order valence-corrected chi connectivity index (χ2v) is 8.92. The van der Waals surface area contributed by atoms with Crippen LogP contribution in [-0.4, -0.2) is 37.4 Å². The van der Waals surface area contributed by atoms with Gasteiger partial charge in [-0.2, -0.15) is 0 Å². The highest BCUT2D eigenvalue weighted by molar-refractivity contribution is 7.89. The number of aryl methyl sites for hydroxylation is 1. The molecule has 28 heavy (non-hydrogen) atoms. The molecule has 1 atom stereocenters. The van der Waals surface area contributed by atoms with Gasteiger partial charge in [0.2, 0.25) is 10.0 Å². The van der Waals surface area contributed by atoms with Crippen molar-refractivity contribution in [2.75, 3.05) is 13.1 Å². The van der Waals surface area contributed by atoms with E-state index in [-0.39, 0.29) is 10.9 Å². The summed E-state index contributed by atoms with van der Waals surface area (Å²) in [6.07, 6.45) is 2.53. The van der Waals surface area contributed by atoms with E-state index in [1.807, 2.05) is 24.3 Å². The van der Waals surface area contributed by atoms with Crippen LogP contribution in [0.2, 0.25) is 0 Å². The normalized spacial score (nSPS) is 18.0. The van der Waals surface area contributed by atoms with Gasteiger partial charge in [0.1, 0.15) is 5.82 Å². The van der Waals surface area contributed by atoms with E-state index in [0.29, 0.717) is 12.1 Å². The Bertz CT molecular complexity index is 1110. The van der Waals surface area contributed by atoms with Crippen molar-refractivity contribution in [3.63, 3.8) is 0 Å². The minimum Gasteiger partial charge on any atom is -0.297 e. The van der Waals surface area contributed by atoms with Crippen LogP contribution >= 0.6 is 0 Å². The van der Waals surface area contributed by atoms with Crippen molar-refractivity contribution in [3.05, 3.63) is 71.7 Å². The first-order chi connectivity index (χ1) is 13.4. The maximum atomic E-state index is 13.5. The lowest BCUT2D eigenvalue weighted by molar-refractivity contribution is 0.326. The Hall–Kier alpha value is -2.35. The van der Waals surface area contributed by atoms with Gasteiger partial charge in [0.15, 0.2) is 0 Å². The van der Waals surface area contributed by atoms with E-state index in [0.717, 1.165) is 36.5 Å². The molecule has 1 N–H and O–H groups in total. The minimum absolute atomic E-state index is 0.00563. The average molecular weight is 399 g/mol. The minimum atomic E-state index is -3.75. The number of hydrogen-bond donors (Lipinski definition) is 1. The largest absolute Gasteiger partial charge is 0.297 e. The Balaban J connectivity index is 1.46. The van der Waals surface area contributed by atoms with E-state index in [4.69, 9.17) is 0 Å². The van der Waals surface area contributed by atoms with Gasteiger partial charge in [0.25, 0.3) is 0 Å². The van der Waals surface area contributed by atoms with Gasteiger partial charge in [-0.05, 0) is 48.7 Å². The maximum absolute atomic E-state index is 13.5.